The molecule has 2 aromatic carbocycles. The van der Waals surface area contributed by atoms with E-state index in [9.17, 15) is 14.9 Å². The van der Waals surface area contributed by atoms with Crippen molar-refractivity contribution in [3.05, 3.63) is 62.8 Å². The first-order valence-electron chi connectivity index (χ1n) is 6.99. The lowest BCUT2D eigenvalue weighted by Gasteiger charge is -2.09. The van der Waals surface area contributed by atoms with Crippen molar-refractivity contribution in [2.24, 2.45) is 0 Å². The standard InChI is InChI=1S/C17H13NO6/c1-22-10-7-15(23-2)17-13(19)9-14(24-16(17)8-10)11-5-3-4-6-12(11)18(20)21/h3-9H,1-2H3. The Kier molecular flexibility index (Phi) is 3.91. The topological polar surface area (TPSA) is 91.8 Å². The highest BCUT2D eigenvalue weighted by Crippen LogP contribution is 2.34. The van der Waals surface area contributed by atoms with Crippen molar-refractivity contribution in [3.63, 3.8) is 0 Å². The summed E-state index contributed by atoms with van der Waals surface area (Å²) in [7, 11) is 2.91. The number of nitrogens with zero attached hydrogens (tertiary/aromatic N) is 1. The molecule has 3 aromatic rings. The highest BCUT2D eigenvalue weighted by atomic mass is 16.6. The van der Waals surface area contributed by atoms with Gasteiger partial charge in [-0.05, 0) is 6.07 Å². The first kappa shape index (κ1) is 15.5. The maximum atomic E-state index is 12.5. The molecule has 0 unspecified atom stereocenters. The molecule has 3 rings (SSSR count). The highest BCUT2D eigenvalue weighted by Gasteiger charge is 2.19. The molecule has 7 heteroatoms. The van der Waals surface area contributed by atoms with E-state index in [1.165, 1.54) is 38.5 Å². The van der Waals surface area contributed by atoms with E-state index in [-0.39, 0.29) is 33.4 Å². The van der Waals surface area contributed by atoms with E-state index >= 15 is 0 Å². The van der Waals surface area contributed by atoms with E-state index in [4.69, 9.17) is 13.9 Å². The van der Waals surface area contributed by atoms with Gasteiger partial charge in [0, 0.05) is 24.3 Å². The Hall–Kier alpha value is -3.35. The van der Waals surface area contributed by atoms with Gasteiger partial charge in [-0.2, -0.15) is 0 Å². The van der Waals surface area contributed by atoms with E-state index in [1.54, 1.807) is 18.2 Å². The first-order chi connectivity index (χ1) is 11.5. The number of methoxy groups -OCH3 is 2. The summed E-state index contributed by atoms with van der Waals surface area (Å²) < 4.78 is 16.1. The van der Waals surface area contributed by atoms with Gasteiger partial charge in [0.25, 0.3) is 5.69 Å². The van der Waals surface area contributed by atoms with Gasteiger partial charge >= 0.3 is 0 Å². The third-order valence-corrected chi connectivity index (χ3v) is 3.59. The summed E-state index contributed by atoms with van der Waals surface area (Å²) in [6.45, 7) is 0. The zero-order valence-electron chi connectivity index (χ0n) is 12.9. The van der Waals surface area contributed by atoms with Crippen LogP contribution in [0.1, 0.15) is 0 Å². The van der Waals surface area contributed by atoms with Gasteiger partial charge in [-0.3, -0.25) is 14.9 Å². The number of benzene rings is 2. The van der Waals surface area contributed by atoms with E-state index in [0.717, 1.165) is 0 Å². The fourth-order valence-electron chi connectivity index (χ4n) is 2.48. The molecular weight excluding hydrogens is 314 g/mol. The zero-order valence-corrected chi connectivity index (χ0v) is 12.9. The zero-order chi connectivity index (χ0) is 17.3. The van der Waals surface area contributed by atoms with Gasteiger partial charge in [-0.25, -0.2) is 0 Å². The summed E-state index contributed by atoms with van der Waals surface area (Å²) in [4.78, 5) is 23.2. The third-order valence-electron chi connectivity index (χ3n) is 3.59. The number of rotatable bonds is 4. The fraction of sp³-hybridized carbons (Fsp3) is 0.118. The molecule has 0 aliphatic heterocycles. The molecule has 0 radical (unpaired) electrons. The van der Waals surface area contributed by atoms with Crippen LogP contribution in [0, 0.1) is 10.1 Å². The van der Waals surface area contributed by atoms with Crippen LogP contribution >= 0.6 is 0 Å². The summed E-state index contributed by atoms with van der Waals surface area (Å²) in [5.74, 6) is 0.865. The minimum atomic E-state index is -0.522. The van der Waals surface area contributed by atoms with Crippen molar-refractivity contribution in [3.8, 4) is 22.8 Å². The van der Waals surface area contributed by atoms with E-state index in [0.29, 0.717) is 11.5 Å². The number of ether oxygens (including phenoxy) is 2. The van der Waals surface area contributed by atoms with Crippen molar-refractivity contribution in [1.82, 2.24) is 0 Å². The molecule has 0 aliphatic rings. The van der Waals surface area contributed by atoms with Crippen LogP contribution in [0.2, 0.25) is 0 Å². The Morgan fingerprint density at radius 2 is 1.83 bits per heavy atom. The molecule has 122 valence electrons. The van der Waals surface area contributed by atoms with Gasteiger partial charge in [-0.1, -0.05) is 12.1 Å². The second-order valence-electron chi connectivity index (χ2n) is 4.95. The second-order valence-corrected chi connectivity index (χ2v) is 4.95. The number of hydrogen-bond donors (Lipinski definition) is 0. The molecule has 0 saturated carbocycles. The minimum Gasteiger partial charge on any atom is -0.496 e. The fourth-order valence-corrected chi connectivity index (χ4v) is 2.48. The summed E-state index contributed by atoms with van der Waals surface area (Å²) in [6.07, 6.45) is 0. The molecule has 0 saturated heterocycles. The van der Waals surface area contributed by atoms with Crippen molar-refractivity contribution < 1.29 is 18.8 Å². The molecule has 0 spiro atoms. The number of nitro benzene ring substituents is 1. The molecule has 0 bridgehead atoms. The number of fused-ring (bicyclic) bond motifs is 1. The van der Waals surface area contributed by atoms with E-state index < -0.39 is 4.92 Å². The lowest BCUT2D eigenvalue weighted by molar-refractivity contribution is -0.384. The first-order valence-corrected chi connectivity index (χ1v) is 6.99. The Labute approximate surface area is 136 Å². The van der Waals surface area contributed by atoms with Crippen LogP contribution in [0.3, 0.4) is 0 Å². The van der Waals surface area contributed by atoms with Gasteiger partial charge in [0.15, 0.2) is 5.43 Å². The average Bonchev–Trinajstić information content (AvgIpc) is 2.60. The van der Waals surface area contributed by atoms with Crippen LogP contribution in [0.25, 0.3) is 22.3 Å². The van der Waals surface area contributed by atoms with Gasteiger partial charge in [0.05, 0.1) is 24.7 Å². The smallest absolute Gasteiger partial charge is 0.280 e. The van der Waals surface area contributed by atoms with Crippen molar-refractivity contribution in [2.45, 2.75) is 0 Å². The lowest BCUT2D eigenvalue weighted by Crippen LogP contribution is -2.04. The predicted molar refractivity (Wildman–Crippen MR) is 87.7 cm³/mol. The Bertz CT molecular complexity index is 992. The molecule has 7 nitrogen and oxygen atoms in total. The predicted octanol–water partition coefficient (Wildman–Crippen LogP) is 3.39. The monoisotopic (exact) mass is 327 g/mol. The minimum absolute atomic E-state index is 0.107. The van der Waals surface area contributed by atoms with Crippen LogP contribution in [0.4, 0.5) is 5.69 Å². The summed E-state index contributed by atoms with van der Waals surface area (Å²) >= 11 is 0. The van der Waals surface area contributed by atoms with E-state index in [2.05, 4.69) is 0 Å². The Morgan fingerprint density at radius 1 is 1.08 bits per heavy atom. The molecule has 0 N–H and O–H groups in total. The van der Waals surface area contributed by atoms with Crippen LogP contribution in [0.5, 0.6) is 11.5 Å². The van der Waals surface area contributed by atoms with Gasteiger partial charge in [-0.15, -0.1) is 0 Å². The van der Waals surface area contributed by atoms with Gasteiger partial charge in [0.1, 0.15) is 28.2 Å². The normalized spacial score (nSPS) is 10.6. The van der Waals surface area contributed by atoms with Crippen molar-refractivity contribution in [2.75, 3.05) is 14.2 Å². The highest BCUT2D eigenvalue weighted by molar-refractivity contribution is 5.87. The summed E-state index contributed by atoms with van der Waals surface area (Å²) in [5.41, 5.74) is -0.0473. The molecule has 1 heterocycles. The third kappa shape index (κ3) is 2.56. The van der Waals surface area contributed by atoms with Crippen LogP contribution < -0.4 is 14.9 Å². The lowest BCUT2D eigenvalue weighted by atomic mass is 10.1. The molecule has 0 atom stereocenters. The molecular formula is C17H13NO6. The largest absolute Gasteiger partial charge is 0.496 e. The van der Waals surface area contributed by atoms with Crippen molar-refractivity contribution >= 4 is 16.7 Å². The van der Waals surface area contributed by atoms with Gasteiger partial charge in [0.2, 0.25) is 0 Å². The van der Waals surface area contributed by atoms with E-state index in [1.807, 2.05) is 0 Å². The Balaban J connectivity index is 2.33. The SMILES string of the molecule is COc1cc(OC)c2c(=O)cc(-c3ccccc3[N+](=O)[O-])oc2c1. The number of para-hydroxylation sites is 1. The maximum absolute atomic E-state index is 12.5. The Morgan fingerprint density at radius 3 is 2.50 bits per heavy atom. The molecule has 0 fully saturated rings. The number of nitro groups is 1. The number of hydrogen-bond acceptors (Lipinski definition) is 6. The molecule has 0 amide bonds. The molecule has 1 aromatic heterocycles. The van der Waals surface area contributed by atoms with Crippen LogP contribution in [-0.2, 0) is 0 Å². The van der Waals surface area contributed by atoms with Crippen molar-refractivity contribution in [1.29, 1.82) is 0 Å². The quantitative estimate of drug-likeness (QED) is 0.539. The summed E-state index contributed by atoms with van der Waals surface area (Å²) in [5, 5.41) is 11.4. The maximum Gasteiger partial charge on any atom is 0.280 e. The van der Waals surface area contributed by atoms with Crippen LogP contribution in [0.15, 0.2) is 51.7 Å². The molecule has 24 heavy (non-hydrogen) atoms. The second kappa shape index (κ2) is 6.04. The average molecular weight is 327 g/mol. The molecule has 0 aliphatic carbocycles. The summed E-state index contributed by atoms with van der Waals surface area (Å²) in [6, 6.07) is 10.4. The van der Waals surface area contributed by atoms with Crippen LogP contribution in [-0.4, -0.2) is 19.1 Å². The van der Waals surface area contributed by atoms with Gasteiger partial charge < -0.3 is 13.9 Å².